The van der Waals surface area contributed by atoms with E-state index in [-0.39, 0.29) is 18.2 Å². The van der Waals surface area contributed by atoms with E-state index in [2.05, 4.69) is 29.4 Å². The van der Waals surface area contributed by atoms with Crippen LogP contribution in [0, 0.1) is 0 Å². The van der Waals surface area contributed by atoms with Crippen LogP contribution in [-0.2, 0) is 11.0 Å². The number of carbonyl (C=O) groups is 1. The smallest absolute Gasteiger partial charge is 0.325 e. The maximum atomic E-state index is 13.0. The molecule has 0 radical (unpaired) electrons. The lowest BCUT2D eigenvalue weighted by atomic mass is 10.0. The van der Waals surface area contributed by atoms with Crippen molar-refractivity contribution in [3.05, 3.63) is 29.8 Å². The van der Waals surface area contributed by atoms with Gasteiger partial charge in [-0.25, -0.2) is 0 Å². The van der Waals surface area contributed by atoms with E-state index in [0.29, 0.717) is 12.1 Å². The van der Waals surface area contributed by atoms with Crippen molar-refractivity contribution in [2.75, 3.05) is 18.4 Å². The molecule has 7 heteroatoms. The summed E-state index contributed by atoms with van der Waals surface area (Å²) in [6.45, 7) is 8.30. The van der Waals surface area contributed by atoms with Gasteiger partial charge in [0, 0.05) is 24.5 Å². The molecule has 0 bridgehead atoms. The molecule has 1 heterocycles. The number of piperidine rings is 1. The van der Waals surface area contributed by atoms with Gasteiger partial charge in [-0.05, 0) is 58.8 Å². The van der Waals surface area contributed by atoms with Crippen molar-refractivity contribution in [1.82, 2.24) is 10.2 Å². The topological polar surface area (TPSA) is 44.4 Å². The Morgan fingerprint density at radius 2 is 1.81 bits per heavy atom. The van der Waals surface area contributed by atoms with Crippen molar-refractivity contribution in [1.29, 1.82) is 0 Å². The minimum absolute atomic E-state index is 0.0938. The summed E-state index contributed by atoms with van der Waals surface area (Å²) in [5, 5.41) is 5.83. The first-order valence-corrected chi connectivity index (χ1v) is 9.13. The highest BCUT2D eigenvalue weighted by molar-refractivity contribution is 5.92. The highest BCUT2D eigenvalue weighted by atomic mass is 19.4. The van der Waals surface area contributed by atoms with E-state index >= 15 is 0 Å². The lowest BCUT2D eigenvalue weighted by Crippen LogP contribution is -2.47. The average molecular weight is 371 g/mol. The van der Waals surface area contributed by atoms with Crippen LogP contribution in [0.25, 0.3) is 0 Å². The number of benzene rings is 1. The molecule has 26 heavy (non-hydrogen) atoms. The molecule has 1 atom stereocenters. The number of alkyl halides is 3. The van der Waals surface area contributed by atoms with Gasteiger partial charge in [-0.3, -0.25) is 4.79 Å². The normalized spacial score (nSPS) is 18.1. The zero-order chi connectivity index (χ0) is 19.3. The molecule has 0 spiro atoms. The van der Waals surface area contributed by atoms with Crippen molar-refractivity contribution in [2.24, 2.45) is 0 Å². The molecule has 146 valence electrons. The van der Waals surface area contributed by atoms with Gasteiger partial charge in [0.2, 0.25) is 5.91 Å². The monoisotopic (exact) mass is 371 g/mol. The second-order valence-corrected chi connectivity index (χ2v) is 7.27. The fourth-order valence-corrected chi connectivity index (χ4v) is 3.36. The summed E-state index contributed by atoms with van der Waals surface area (Å²) in [5.74, 6) is -0.415. The van der Waals surface area contributed by atoms with Crippen molar-refractivity contribution in [3.63, 3.8) is 0 Å². The van der Waals surface area contributed by atoms with E-state index in [1.54, 1.807) is 0 Å². The molecule has 1 aromatic rings. The van der Waals surface area contributed by atoms with E-state index in [0.717, 1.165) is 32.0 Å². The van der Waals surface area contributed by atoms with E-state index in [4.69, 9.17) is 0 Å². The third-order valence-electron chi connectivity index (χ3n) is 4.78. The predicted octanol–water partition coefficient (Wildman–Crippen LogP) is 3.88. The quantitative estimate of drug-likeness (QED) is 0.798. The fraction of sp³-hybridized carbons (Fsp3) is 0.632. The number of nitrogens with one attached hydrogen (secondary N) is 2. The number of halogens is 3. The maximum Gasteiger partial charge on any atom is 0.418 e. The first kappa shape index (κ1) is 20.7. The second kappa shape index (κ2) is 8.86. The molecule has 1 aliphatic heterocycles. The summed E-state index contributed by atoms with van der Waals surface area (Å²) >= 11 is 0. The van der Waals surface area contributed by atoms with Crippen molar-refractivity contribution in [2.45, 2.75) is 64.3 Å². The van der Waals surface area contributed by atoms with Crippen LogP contribution in [0.3, 0.4) is 0 Å². The van der Waals surface area contributed by atoms with Gasteiger partial charge in [-0.1, -0.05) is 12.1 Å². The number of rotatable bonds is 6. The van der Waals surface area contributed by atoms with Crippen molar-refractivity contribution < 1.29 is 18.0 Å². The zero-order valence-electron chi connectivity index (χ0n) is 15.6. The minimum Gasteiger partial charge on any atom is -0.325 e. The summed E-state index contributed by atoms with van der Waals surface area (Å²) < 4.78 is 39.0. The van der Waals surface area contributed by atoms with Crippen LogP contribution in [0.1, 0.15) is 45.6 Å². The number of amides is 1. The summed E-state index contributed by atoms with van der Waals surface area (Å²) in [7, 11) is 0. The largest absolute Gasteiger partial charge is 0.418 e. The fourth-order valence-electron chi connectivity index (χ4n) is 3.36. The van der Waals surface area contributed by atoms with Crippen LogP contribution < -0.4 is 10.6 Å². The first-order valence-electron chi connectivity index (χ1n) is 9.13. The van der Waals surface area contributed by atoms with Gasteiger partial charge >= 0.3 is 6.18 Å². The molecule has 0 aromatic heterocycles. The van der Waals surface area contributed by atoms with Crippen molar-refractivity contribution in [3.8, 4) is 0 Å². The van der Waals surface area contributed by atoms with E-state index in [1.807, 2.05) is 6.92 Å². The van der Waals surface area contributed by atoms with E-state index < -0.39 is 17.6 Å². The van der Waals surface area contributed by atoms with Crippen molar-refractivity contribution >= 4 is 11.6 Å². The molecule has 1 aromatic carbocycles. The Morgan fingerprint density at radius 3 is 2.38 bits per heavy atom. The van der Waals surface area contributed by atoms with Gasteiger partial charge in [0.15, 0.2) is 0 Å². The first-order chi connectivity index (χ1) is 12.2. The minimum atomic E-state index is -4.49. The molecule has 1 fully saturated rings. The summed E-state index contributed by atoms with van der Waals surface area (Å²) in [6.07, 6.45) is -2.32. The summed E-state index contributed by atoms with van der Waals surface area (Å²) in [6, 6.07) is 5.83. The summed E-state index contributed by atoms with van der Waals surface area (Å²) in [5.41, 5.74) is -1.02. The summed E-state index contributed by atoms with van der Waals surface area (Å²) in [4.78, 5) is 14.6. The predicted molar refractivity (Wildman–Crippen MR) is 97.0 cm³/mol. The number of para-hydroxylation sites is 1. The Labute approximate surface area is 153 Å². The van der Waals surface area contributed by atoms with E-state index in [9.17, 15) is 18.0 Å². The molecule has 1 aliphatic rings. The van der Waals surface area contributed by atoms with Gasteiger partial charge < -0.3 is 15.5 Å². The van der Waals surface area contributed by atoms with Gasteiger partial charge in [-0.2, -0.15) is 13.2 Å². The number of likely N-dealkylation sites (tertiary alicyclic amines) is 1. The molecular weight excluding hydrogens is 343 g/mol. The van der Waals surface area contributed by atoms with Crippen LogP contribution in [0.2, 0.25) is 0 Å². The average Bonchev–Trinajstić information content (AvgIpc) is 2.54. The molecule has 0 saturated carbocycles. The number of hydrogen-bond donors (Lipinski definition) is 2. The Kier molecular flexibility index (Phi) is 7.06. The van der Waals surface area contributed by atoms with Crippen LogP contribution in [0.15, 0.2) is 24.3 Å². The molecule has 1 amide bonds. The molecule has 2 N–H and O–H groups in total. The second-order valence-electron chi connectivity index (χ2n) is 7.27. The Hall–Kier alpha value is -1.60. The Morgan fingerprint density at radius 1 is 1.19 bits per heavy atom. The molecular formula is C19H28F3N3O. The SMILES string of the molecule is CC(CC(=O)Nc1ccccc1C(F)(F)F)NC1CCN(C(C)C)CC1. The van der Waals surface area contributed by atoms with Gasteiger partial charge in [0.25, 0.3) is 0 Å². The molecule has 0 aliphatic carbocycles. The Bertz CT molecular complexity index is 596. The number of carbonyl (C=O) groups excluding carboxylic acids is 1. The molecule has 1 unspecified atom stereocenters. The molecule has 2 rings (SSSR count). The van der Waals surface area contributed by atoms with Crippen LogP contribution in [0.5, 0.6) is 0 Å². The zero-order valence-corrected chi connectivity index (χ0v) is 15.6. The van der Waals surface area contributed by atoms with Crippen LogP contribution in [0.4, 0.5) is 18.9 Å². The number of nitrogens with zero attached hydrogens (tertiary/aromatic N) is 1. The lowest BCUT2D eigenvalue weighted by Gasteiger charge is -2.36. The van der Waals surface area contributed by atoms with Gasteiger partial charge in [-0.15, -0.1) is 0 Å². The molecule has 4 nitrogen and oxygen atoms in total. The van der Waals surface area contributed by atoms with Crippen LogP contribution >= 0.6 is 0 Å². The number of hydrogen-bond acceptors (Lipinski definition) is 3. The number of anilines is 1. The third kappa shape index (κ3) is 5.99. The Balaban J connectivity index is 1.83. The standard InChI is InChI=1S/C19H28F3N3O/c1-13(2)25-10-8-15(9-11-25)23-14(3)12-18(26)24-17-7-5-4-6-16(17)19(20,21)22/h4-7,13-15,23H,8-12H2,1-3H3,(H,24,26). The maximum absolute atomic E-state index is 13.0. The highest BCUT2D eigenvalue weighted by Gasteiger charge is 2.33. The van der Waals surface area contributed by atoms with E-state index in [1.165, 1.54) is 18.2 Å². The third-order valence-corrected chi connectivity index (χ3v) is 4.78. The lowest BCUT2D eigenvalue weighted by molar-refractivity contribution is -0.137. The van der Waals surface area contributed by atoms with Gasteiger partial charge in [0.1, 0.15) is 0 Å². The molecule has 1 saturated heterocycles. The highest BCUT2D eigenvalue weighted by Crippen LogP contribution is 2.34. The van der Waals surface area contributed by atoms with Gasteiger partial charge in [0.05, 0.1) is 11.3 Å². The van der Waals surface area contributed by atoms with Crippen LogP contribution in [-0.4, -0.2) is 42.0 Å².